The van der Waals surface area contributed by atoms with E-state index in [1.807, 2.05) is 0 Å². The van der Waals surface area contributed by atoms with Crippen LogP contribution < -0.4 is 0 Å². The minimum absolute atomic E-state index is 0.0779. The molecule has 0 unspecified atom stereocenters. The molecule has 1 rings (SSSR count). The van der Waals surface area contributed by atoms with Crippen LogP contribution in [0.4, 0.5) is 0 Å². The second-order valence-electron chi connectivity index (χ2n) is 4.05. The zero-order valence-electron chi connectivity index (χ0n) is 11.4. The number of carboxylic acid groups (broad SMARTS) is 1. The average molecular weight is 304 g/mol. The highest BCUT2D eigenvalue weighted by molar-refractivity contribution is 7.89. The van der Waals surface area contributed by atoms with Crippen LogP contribution in [-0.2, 0) is 26.6 Å². The van der Waals surface area contributed by atoms with Crippen LogP contribution in [0.15, 0.2) is 17.2 Å². The first-order valence-electron chi connectivity index (χ1n) is 5.71. The number of aromatic nitrogens is 1. The Labute approximate surface area is 116 Å². The number of carbonyl (C=O) groups is 2. The van der Waals surface area contributed by atoms with Crippen molar-refractivity contribution < 1.29 is 27.9 Å². The van der Waals surface area contributed by atoms with Gasteiger partial charge in [-0.1, -0.05) is 0 Å². The predicted octanol–water partition coefficient (Wildman–Crippen LogP) is -0.0931. The second kappa shape index (κ2) is 6.06. The lowest BCUT2D eigenvalue weighted by Crippen LogP contribution is -2.31. The molecule has 0 aliphatic heterocycles. The van der Waals surface area contributed by atoms with Crippen LogP contribution >= 0.6 is 0 Å². The van der Waals surface area contributed by atoms with Gasteiger partial charge in [-0.25, -0.2) is 13.2 Å². The summed E-state index contributed by atoms with van der Waals surface area (Å²) in [5.41, 5.74) is 0.0779. The minimum atomic E-state index is -3.96. The van der Waals surface area contributed by atoms with Gasteiger partial charge in [0.2, 0.25) is 10.0 Å². The molecule has 8 nitrogen and oxygen atoms in total. The third kappa shape index (κ3) is 3.36. The van der Waals surface area contributed by atoms with Crippen molar-refractivity contribution in [3.05, 3.63) is 18.0 Å². The zero-order chi connectivity index (χ0) is 15.5. The van der Waals surface area contributed by atoms with E-state index in [9.17, 15) is 18.0 Å². The Morgan fingerprint density at radius 2 is 2.05 bits per heavy atom. The summed E-state index contributed by atoms with van der Waals surface area (Å²) in [5, 5.41) is 8.63. The molecule has 0 saturated carbocycles. The number of likely N-dealkylation sites (N-methyl/N-ethyl adjacent to an activating group) is 1. The molecule has 0 radical (unpaired) electrons. The molecule has 20 heavy (non-hydrogen) atoms. The summed E-state index contributed by atoms with van der Waals surface area (Å²) in [6, 6.07) is 1.16. The highest BCUT2D eigenvalue weighted by Gasteiger charge is 2.26. The Bertz CT molecular complexity index is 619. The van der Waals surface area contributed by atoms with Gasteiger partial charge < -0.3 is 14.4 Å². The number of sulfonamides is 1. The van der Waals surface area contributed by atoms with E-state index in [1.165, 1.54) is 17.8 Å². The van der Waals surface area contributed by atoms with E-state index in [-0.39, 0.29) is 17.2 Å². The first kappa shape index (κ1) is 16.2. The summed E-state index contributed by atoms with van der Waals surface area (Å²) in [5.74, 6) is -1.91. The van der Waals surface area contributed by atoms with Gasteiger partial charge in [0.05, 0.1) is 6.61 Å². The molecule has 0 aliphatic rings. The molecule has 9 heteroatoms. The number of rotatable bonds is 6. The van der Waals surface area contributed by atoms with E-state index in [1.54, 1.807) is 6.92 Å². The third-order valence-corrected chi connectivity index (χ3v) is 4.30. The van der Waals surface area contributed by atoms with Gasteiger partial charge in [-0.15, -0.1) is 0 Å². The monoisotopic (exact) mass is 304 g/mol. The molecule has 0 saturated heterocycles. The Morgan fingerprint density at radius 1 is 1.45 bits per heavy atom. The topological polar surface area (TPSA) is 106 Å². The maximum atomic E-state index is 12.1. The maximum Gasteiger partial charge on any atom is 0.354 e. The lowest BCUT2D eigenvalue weighted by atomic mass is 10.4. The molecule has 1 heterocycles. The molecule has 0 fully saturated rings. The van der Waals surface area contributed by atoms with Gasteiger partial charge in [-0.2, -0.15) is 4.31 Å². The first-order valence-corrected chi connectivity index (χ1v) is 7.15. The van der Waals surface area contributed by atoms with Gasteiger partial charge in [-0.3, -0.25) is 4.79 Å². The van der Waals surface area contributed by atoms with Gasteiger partial charge >= 0.3 is 11.9 Å². The number of esters is 1. The molecule has 0 spiro atoms. The fourth-order valence-electron chi connectivity index (χ4n) is 1.54. The highest BCUT2D eigenvalue weighted by atomic mass is 32.2. The Morgan fingerprint density at radius 3 is 2.55 bits per heavy atom. The van der Waals surface area contributed by atoms with Crippen LogP contribution in [0.3, 0.4) is 0 Å². The highest BCUT2D eigenvalue weighted by Crippen LogP contribution is 2.18. The van der Waals surface area contributed by atoms with E-state index in [0.29, 0.717) is 4.31 Å². The van der Waals surface area contributed by atoms with Crippen molar-refractivity contribution in [3.63, 3.8) is 0 Å². The molecule has 0 aliphatic carbocycles. The largest absolute Gasteiger partial charge is 0.480 e. The van der Waals surface area contributed by atoms with Crippen molar-refractivity contribution >= 4 is 22.0 Å². The Kier molecular flexibility index (Phi) is 4.90. The summed E-state index contributed by atoms with van der Waals surface area (Å²) in [6.45, 7) is 1.15. The van der Waals surface area contributed by atoms with Crippen LogP contribution in [0.2, 0.25) is 0 Å². The van der Waals surface area contributed by atoms with E-state index < -0.39 is 28.5 Å². The summed E-state index contributed by atoms with van der Waals surface area (Å²) in [6.07, 6.45) is 1.24. The maximum absolute atomic E-state index is 12.1. The molecular weight excluding hydrogens is 288 g/mol. The Balaban J connectivity index is 3.12. The summed E-state index contributed by atoms with van der Waals surface area (Å²) in [7, 11) is -1.30. The molecule has 1 aromatic rings. The Hall–Kier alpha value is -1.87. The number of aliphatic carboxylic acids is 1. The van der Waals surface area contributed by atoms with Gasteiger partial charge in [0.25, 0.3) is 0 Å². The quantitative estimate of drug-likeness (QED) is 0.736. The number of aryl methyl sites for hydroxylation is 1. The minimum Gasteiger partial charge on any atom is -0.480 e. The zero-order valence-corrected chi connectivity index (χ0v) is 12.2. The van der Waals surface area contributed by atoms with Crippen molar-refractivity contribution in [1.82, 2.24) is 8.87 Å². The van der Waals surface area contributed by atoms with Crippen molar-refractivity contribution in [2.75, 3.05) is 20.2 Å². The van der Waals surface area contributed by atoms with Gasteiger partial charge in [0, 0.05) is 20.3 Å². The smallest absolute Gasteiger partial charge is 0.354 e. The molecular formula is C11H16N2O6S. The van der Waals surface area contributed by atoms with E-state index in [2.05, 4.69) is 0 Å². The second-order valence-corrected chi connectivity index (χ2v) is 6.09. The third-order valence-electron chi connectivity index (χ3n) is 2.53. The van der Waals surface area contributed by atoms with Crippen LogP contribution in [0.1, 0.15) is 17.4 Å². The molecule has 112 valence electrons. The van der Waals surface area contributed by atoms with Crippen molar-refractivity contribution in [1.29, 1.82) is 0 Å². The number of ether oxygens (including phenoxy) is 1. The predicted molar refractivity (Wildman–Crippen MR) is 68.8 cm³/mol. The van der Waals surface area contributed by atoms with Gasteiger partial charge in [0.1, 0.15) is 17.1 Å². The van der Waals surface area contributed by atoms with Crippen molar-refractivity contribution in [2.45, 2.75) is 11.8 Å². The molecule has 0 amide bonds. The lowest BCUT2D eigenvalue weighted by Gasteiger charge is -2.13. The summed E-state index contributed by atoms with van der Waals surface area (Å²) < 4.78 is 31.0. The number of hydrogen-bond acceptors (Lipinski definition) is 5. The fourth-order valence-corrected chi connectivity index (χ4v) is 2.73. The number of carbonyl (C=O) groups excluding carboxylic acids is 1. The van der Waals surface area contributed by atoms with Crippen molar-refractivity contribution in [2.24, 2.45) is 7.05 Å². The van der Waals surface area contributed by atoms with E-state index in [0.717, 1.165) is 13.1 Å². The average Bonchev–Trinajstić information content (AvgIpc) is 2.71. The van der Waals surface area contributed by atoms with E-state index >= 15 is 0 Å². The summed E-state index contributed by atoms with van der Waals surface area (Å²) in [4.78, 5) is 22.0. The van der Waals surface area contributed by atoms with Crippen LogP contribution in [0, 0.1) is 0 Å². The normalized spacial score (nSPS) is 11.6. The van der Waals surface area contributed by atoms with Crippen molar-refractivity contribution in [3.8, 4) is 0 Å². The van der Waals surface area contributed by atoms with Crippen LogP contribution in [0.5, 0.6) is 0 Å². The molecule has 0 bridgehead atoms. The van der Waals surface area contributed by atoms with Crippen LogP contribution in [0.25, 0.3) is 0 Å². The lowest BCUT2D eigenvalue weighted by molar-refractivity contribution is -0.137. The van der Waals surface area contributed by atoms with E-state index in [4.69, 9.17) is 9.84 Å². The number of carboxylic acids is 1. The van der Waals surface area contributed by atoms with Gasteiger partial charge in [0.15, 0.2) is 0 Å². The molecule has 0 atom stereocenters. The van der Waals surface area contributed by atoms with Gasteiger partial charge in [-0.05, 0) is 13.0 Å². The number of hydrogen-bond donors (Lipinski definition) is 1. The SMILES string of the molecule is CCOC(=O)c1cc(S(=O)(=O)N(C)CC(=O)O)cn1C. The van der Waals surface area contributed by atoms with Crippen LogP contribution in [-0.4, -0.2) is 54.5 Å². The molecule has 1 aromatic heterocycles. The summed E-state index contributed by atoms with van der Waals surface area (Å²) >= 11 is 0. The fraction of sp³-hybridized carbons (Fsp3) is 0.455. The standard InChI is InChI=1S/C11H16N2O6S/c1-4-19-11(16)9-5-8(6-12(9)2)20(17,18)13(3)7-10(14)15/h5-6H,4,7H2,1-3H3,(H,14,15). The number of nitrogens with zero attached hydrogens (tertiary/aromatic N) is 2. The molecule has 1 N–H and O–H groups in total. The molecule has 0 aromatic carbocycles. The first-order chi connectivity index (χ1) is 9.20.